The van der Waals surface area contributed by atoms with Gasteiger partial charge in [0.1, 0.15) is 0 Å². The number of nitrogens with zero attached hydrogens (tertiary/aromatic N) is 3. The summed E-state index contributed by atoms with van der Waals surface area (Å²) in [6.07, 6.45) is 5.40. The smallest absolute Gasteiger partial charge is 0.236 e. The SMILES string of the molecule is CC(c1ccc(C2CCCC2)cc1)N(C)C(=O)CN1CCN(C)CC1.Cl.Cl. The van der Waals surface area contributed by atoms with Crippen molar-refractivity contribution in [3.05, 3.63) is 35.4 Å². The molecule has 1 aliphatic heterocycles. The molecule has 1 atom stereocenters. The molecule has 0 N–H and O–H groups in total. The van der Waals surface area contributed by atoms with E-state index < -0.39 is 0 Å². The van der Waals surface area contributed by atoms with Crippen molar-refractivity contribution in [2.24, 2.45) is 0 Å². The molecule has 3 rings (SSSR count). The highest BCUT2D eigenvalue weighted by atomic mass is 35.5. The van der Waals surface area contributed by atoms with Crippen molar-refractivity contribution in [3.63, 3.8) is 0 Å². The molecule has 1 aromatic carbocycles. The zero-order chi connectivity index (χ0) is 17.8. The third-order valence-electron chi connectivity index (χ3n) is 6.17. The summed E-state index contributed by atoms with van der Waals surface area (Å²) >= 11 is 0. The molecular weight excluding hydrogens is 381 g/mol. The van der Waals surface area contributed by atoms with Crippen LogP contribution in [0.25, 0.3) is 0 Å². The van der Waals surface area contributed by atoms with E-state index in [2.05, 4.69) is 48.0 Å². The number of carbonyl (C=O) groups is 1. The summed E-state index contributed by atoms with van der Waals surface area (Å²) < 4.78 is 0. The Kier molecular flexibility index (Phi) is 10.1. The van der Waals surface area contributed by atoms with Crippen LogP contribution in [-0.4, -0.2) is 67.4 Å². The van der Waals surface area contributed by atoms with Gasteiger partial charge in [0.05, 0.1) is 12.6 Å². The van der Waals surface area contributed by atoms with Crippen LogP contribution >= 0.6 is 24.8 Å². The average molecular weight is 416 g/mol. The van der Waals surface area contributed by atoms with Crippen molar-refractivity contribution < 1.29 is 4.79 Å². The van der Waals surface area contributed by atoms with Crippen molar-refractivity contribution in [1.82, 2.24) is 14.7 Å². The van der Waals surface area contributed by atoms with E-state index >= 15 is 0 Å². The molecule has 1 heterocycles. The zero-order valence-electron chi connectivity index (χ0n) is 16.9. The van der Waals surface area contributed by atoms with Gasteiger partial charge in [-0.1, -0.05) is 37.1 Å². The van der Waals surface area contributed by atoms with E-state index in [0.29, 0.717) is 6.54 Å². The highest BCUT2D eigenvalue weighted by Crippen LogP contribution is 2.34. The van der Waals surface area contributed by atoms with Gasteiger partial charge in [-0.3, -0.25) is 9.69 Å². The summed E-state index contributed by atoms with van der Waals surface area (Å²) in [5, 5.41) is 0. The largest absolute Gasteiger partial charge is 0.338 e. The zero-order valence-corrected chi connectivity index (χ0v) is 18.5. The minimum Gasteiger partial charge on any atom is -0.338 e. The normalized spacial score (nSPS) is 19.8. The summed E-state index contributed by atoms with van der Waals surface area (Å²) in [6.45, 7) is 6.74. The van der Waals surface area contributed by atoms with Gasteiger partial charge in [-0.05, 0) is 43.9 Å². The van der Waals surface area contributed by atoms with Gasteiger partial charge < -0.3 is 9.80 Å². The number of carbonyl (C=O) groups excluding carboxylic acids is 1. The standard InChI is InChI=1S/C21H33N3O.2ClH/c1-17(18-8-10-20(11-9-18)19-6-4-5-7-19)23(3)21(25)16-24-14-12-22(2)13-15-24;;/h8-11,17,19H,4-7,12-16H2,1-3H3;2*1H. The third-order valence-corrected chi connectivity index (χ3v) is 6.17. The van der Waals surface area contributed by atoms with Gasteiger partial charge in [-0.2, -0.15) is 0 Å². The van der Waals surface area contributed by atoms with Crippen molar-refractivity contribution in [3.8, 4) is 0 Å². The lowest BCUT2D eigenvalue weighted by Crippen LogP contribution is -2.48. The fourth-order valence-electron chi connectivity index (χ4n) is 4.05. The summed E-state index contributed by atoms with van der Waals surface area (Å²) in [6, 6.07) is 9.12. The van der Waals surface area contributed by atoms with Crippen LogP contribution < -0.4 is 0 Å². The number of likely N-dealkylation sites (N-methyl/N-ethyl adjacent to an activating group) is 2. The number of rotatable bonds is 5. The molecule has 1 amide bonds. The maximum absolute atomic E-state index is 12.7. The summed E-state index contributed by atoms with van der Waals surface area (Å²) in [7, 11) is 4.08. The minimum atomic E-state index is 0. The van der Waals surface area contributed by atoms with Crippen molar-refractivity contribution in [2.45, 2.75) is 44.6 Å². The predicted octanol–water partition coefficient (Wildman–Crippen LogP) is 3.95. The lowest BCUT2D eigenvalue weighted by Gasteiger charge is -2.34. The molecule has 6 heteroatoms. The first kappa shape index (κ1) is 24.2. The van der Waals surface area contributed by atoms with Crippen LogP contribution in [0.5, 0.6) is 0 Å². The van der Waals surface area contributed by atoms with Gasteiger partial charge in [-0.25, -0.2) is 0 Å². The first-order chi connectivity index (χ1) is 12.0. The Morgan fingerprint density at radius 1 is 1.07 bits per heavy atom. The summed E-state index contributed by atoms with van der Waals surface area (Å²) in [5.74, 6) is 0.970. The van der Waals surface area contributed by atoms with Crippen molar-refractivity contribution in [2.75, 3.05) is 46.8 Å². The molecule has 27 heavy (non-hydrogen) atoms. The van der Waals surface area contributed by atoms with Gasteiger partial charge in [0, 0.05) is 33.2 Å². The lowest BCUT2D eigenvalue weighted by atomic mass is 9.95. The second-order valence-corrected chi connectivity index (χ2v) is 7.91. The molecule has 1 aromatic rings. The van der Waals surface area contributed by atoms with Gasteiger partial charge >= 0.3 is 0 Å². The van der Waals surface area contributed by atoms with E-state index in [1.54, 1.807) is 0 Å². The molecular formula is C21H35Cl2N3O. The number of benzene rings is 1. The molecule has 1 saturated heterocycles. The van der Waals surface area contributed by atoms with Crippen LogP contribution in [0.2, 0.25) is 0 Å². The fraction of sp³-hybridized carbons (Fsp3) is 0.667. The Bertz CT molecular complexity index is 567. The van der Waals surface area contributed by atoms with E-state index in [0.717, 1.165) is 32.1 Å². The van der Waals surface area contributed by atoms with E-state index in [9.17, 15) is 4.79 Å². The molecule has 0 bridgehead atoms. The molecule has 2 fully saturated rings. The van der Waals surface area contributed by atoms with Crippen LogP contribution in [-0.2, 0) is 4.79 Å². The van der Waals surface area contributed by atoms with E-state index in [1.807, 2.05) is 11.9 Å². The Labute approximate surface area is 177 Å². The molecule has 1 aliphatic carbocycles. The van der Waals surface area contributed by atoms with E-state index in [-0.39, 0.29) is 36.8 Å². The van der Waals surface area contributed by atoms with Gasteiger partial charge in [-0.15, -0.1) is 24.8 Å². The summed E-state index contributed by atoms with van der Waals surface area (Å²) in [5.41, 5.74) is 2.70. The monoisotopic (exact) mass is 415 g/mol. The molecule has 2 aliphatic rings. The van der Waals surface area contributed by atoms with Gasteiger partial charge in [0.15, 0.2) is 0 Å². The number of hydrogen-bond acceptors (Lipinski definition) is 3. The second kappa shape index (κ2) is 11.3. The fourth-order valence-corrected chi connectivity index (χ4v) is 4.05. The molecule has 4 nitrogen and oxygen atoms in total. The molecule has 1 saturated carbocycles. The van der Waals surface area contributed by atoms with Crippen LogP contribution in [0.1, 0.15) is 55.7 Å². The van der Waals surface area contributed by atoms with Crippen LogP contribution in [0.4, 0.5) is 0 Å². The maximum atomic E-state index is 12.7. The second-order valence-electron chi connectivity index (χ2n) is 7.91. The molecule has 0 aromatic heterocycles. The van der Waals surface area contributed by atoms with Gasteiger partial charge in [0.2, 0.25) is 5.91 Å². The Morgan fingerprint density at radius 3 is 2.19 bits per heavy atom. The first-order valence-corrected chi connectivity index (χ1v) is 9.81. The summed E-state index contributed by atoms with van der Waals surface area (Å²) in [4.78, 5) is 19.2. The van der Waals surface area contributed by atoms with Crippen molar-refractivity contribution in [1.29, 1.82) is 0 Å². The van der Waals surface area contributed by atoms with Gasteiger partial charge in [0.25, 0.3) is 0 Å². The molecule has 0 radical (unpaired) electrons. The number of halogens is 2. The van der Waals surface area contributed by atoms with E-state index in [1.165, 1.54) is 36.8 Å². The number of hydrogen-bond donors (Lipinski definition) is 0. The van der Waals surface area contributed by atoms with Crippen molar-refractivity contribution >= 4 is 30.7 Å². The maximum Gasteiger partial charge on any atom is 0.236 e. The van der Waals surface area contributed by atoms with E-state index in [4.69, 9.17) is 0 Å². The lowest BCUT2D eigenvalue weighted by molar-refractivity contribution is -0.133. The Morgan fingerprint density at radius 2 is 1.63 bits per heavy atom. The quantitative estimate of drug-likeness (QED) is 0.727. The highest BCUT2D eigenvalue weighted by Gasteiger charge is 2.22. The highest BCUT2D eigenvalue weighted by molar-refractivity contribution is 5.85. The average Bonchev–Trinajstić information content (AvgIpc) is 3.17. The molecule has 0 spiro atoms. The Hall–Kier alpha value is -0.810. The first-order valence-electron chi connectivity index (χ1n) is 9.81. The van der Waals surface area contributed by atoms with Crippen LogP contribution in [0.15, 0.2) is 24.3 Å². The van der Waals surface area contributed by atoms with Crippen LogP contribution in [0.3, 0.4) is 0 Å². The molecule has 1 unspecified atom stereocenters. The topological polar surface area (TPSA) is 26.8 Å². The van der Waals surface area contributed by atoms with Crippen LogP contribution in [0, 0.1) is 0 Å². The number of amides is 1. The molecule has 154 valence electrons. The predicted molar refractivity (Wildman–Crippen MR) is 117 cm³/mol. The Balaban J connectivity index is 0.00000182. The third kappa shape index (κ3) is 6.35. The number of piperazine rings is 1. The minimum absolute atomic E-state index is 0.